The smallest absolute Gasteiger partial charge is 0.408 e. The van der Waals surface area contributed by atoms with Gasteiger partial charge in [-0.3, -0.25) is 9.59 Å². The summed E-state index contributed by atoms with van der Waals surface area (Å²) in [6.07, 6.45) is 12.9. The van der Waals surface area contributed by atoms with Crippen molar-refractivity contribution in [3.05, 3.63) is 29.8 Å². The average Bonchev–Trinajstić information content (AvgIpc) is 2.92. The number of alkyl carbamates (subject to hydrolysis) is 1. The van der Waals surface area contributed by atoms with Crippen molar-refractivity contribution in [2.24, 2.45) is 0 Å². The Balaban J connectivity index is 2.43. The minimum absolute atomic E-state index is 0.0298. The lowest BCUT2D eigenvalue weighted by Crippen LogP contribution is -2.54. The van der Waals surface area contributed by atoms with E-state index in [0.29, 0.717) is 24.3 Å². The van der Waals surface area contributed by atoms with Crippen molar-refractivity contribution in [2.45, 2.75) is 128 Å². The monoisotopic (exact) mass is 591 g/mol. The zero-order chi connectivity index (χ0) is 30.3. The van der Waals surface area contributed by atoms with E-state index in [2.05, 4.69) is 17.6 Å². The second-order valence-corrected chi connectivity index (χ2v) is 13.1. The second-order valence-electron chi connectivity index (χ2n) is 12.1. The number of carbonyl (C=O) groups excluding carboxylic acids is 3. The molecule has 1 aliphatic carbocycles. The van der Waals surface area contributed by atoms with E-state index in [9.17, 15) is 19.5 Å². The summed E-state index contributed by atoms with van der Waals surface area (Å²) in [5, 5.41) is 16.9. The van der Waals surface area contributed by atoms with Gasteiger partial charge in [0.1, 0.15) is 23.4 Å². The van der Waals surface area contributed by atoms with Crippen molar-refractivity contribution < 1.29 is 24.2 Å². The standard InChI is InChI=1S/C32H53N3O5S/c1-6-7-8-9-10-16-22-35(30(38)26(21-23-41-5)34-31(39)40-32(2,3)4)28(25-19-14-15-20-27(25)36)29(37)33-24-17-12-11-13-18-24/h14-15,19-20,24,26,28,36H,6-13,16-18,21-23H2,1-5H3,(H,33,37)(H,34,39). The summed E-state index contributed by atoms with van der Waals surface area (Å²) in [5.74, 6) is -0.0194. The van der Waals surface area contributed by atoms with E-state index < -0.39 is 23.8 Å². The van der Waals surface area contributed by atoms with Crippen molar-refractivity contribution >= 4 is 29.7 Å². The molecular formula is C32H53N3O5S. The number of aromatic hydroxyl groups is 1. The van der Waals surface area contributed by atoms with Gasteiger partial charge in [0.25, 0.3) is 0 Å². The predicted octanol–water partition coefficient (Wildman–Crippen LogP) is 6.72. The Morgan fingerprint density at radius 3 is 2.34 bits per heavy atom. The van der Waals surface area contributed by atoms with Crippen molar-refractivity contribution in [3.8, 4) is 5.75 Å². The molecule has 0 aromatic heterocycles. The van der Waals surface area contributed by atoms with Crippen LogP contribution in [0, 0.1) is 0 Å². The minimum atomic E-state index is -1.02. The van der Waals surface area contributed by atoms with Gasteiger partial charge in [0.05, 0.1) is 0 Å². The van der Waals surface area contributed by atoms with E-state index in [-0.39, 0.29) is 23.6 Å². The number of phenolic OH excluding ortho intramolecular Hbond substituents is 1. The van der Waals surface area contributed by atoms with Gasteiger partial charge in [0.15, 0.2) is 0 Å². The molecule has 2 unspecified atom stereocenters. The number of ether oxygens (including phenoxy) is 1. The lowest BCUT2D eigenvalue weighted by atomic mass is 9.94. The minimum Gasteiger partial charge on any atom is -0.508 e. The zero-order valence-corrected chi connectivity index (χ0v) is 26.7. The third-order valence-corrected chi connectivity index (χ3v) is 8.02. The van der Waals surface area contributed by atoms with Gasteiger partial charge in [-0.05, 0) is 64.5 Å². The Morgan fingerprint density at radius 1 is 1.05 bits per heavy atom. The average molecular weight is 592 g/mol. The highest BCUT2D eigenvalue weighted by molar-refractivity contribution is 7.98. The molecule has 0 aliphatic heterocycles. The number of benzene rings is 1. The highest BCUT2D eigenvalue weighted by atomic mass is 32.2. The maximum absolute atomic E-state index is 14.3. The third-order valence-electron chi connectivity index (χ3n) is 7.38. The molecule has 3 amide bonds. The Kier molecular flexibility index (Phi) is 15.4. The number of para-hydroxylation sites is 1. The lowest BCUT2D eigenvalue weighted by molar-refractivity contribution is -0.143. The lowest BCUT2D eigenvalue weighted by Gasteiger charge is -2.36. The fourth-order valence-electron chi connectivity index (χ4n) is 5.27. The van der Waals surface area contributed by atoms with Crippen LogP contribution in [0.5, 0.6) is 5.75 Å². The Hall–Kier alpha value is -2.42. The fourth-order valence-corrected chi connectivity index (χ4v) is 5.74. The first kappa shape index (κ1) is 34.8. The van der Waals surface area contributed by atoms with Crippen LogP contribution in [-0.4, -0.2) is 64.2 Å². The van der Waals surface area contributed by atoms with Crippen LogP contribution in [-0.2, 0) is 14.3 Å². The van der Waals surface area contributed by atoms with Gasteiger partial charge in [-0.2, -0.15) is 11.8 Å². The van der Waals surface area contributed by atoms with Crippen LogP contribution in [0.3, 0.4) is 0 Å². The number of hydrogen-bond acceptors (Lipinski definition) is 6. The van der Waals surface area contributed by atoms with E-state index >= 15 is 0 Å². The fraction of sp³-hybridized carbons (Fsp3) is 0.719. The number of unbranched alkanes of at least 4 members (excludes halogenated alkanes) is 5. The van der Waals surface area contributed by atoms with Gasteiger partial charge < -0.3 is 25.4 Å². The topological polar surface area (TPSA) is 108 Å². The van der Waals surface area contributed by atoms with E-state index in [4.69, 9.17) is 4.74 Å². The molecule has 1 aliphatic rings. The molecule has 0 heterocycles. The first-order chi connectivity index (χ1) is 19.6. The molecule has 1 aromatic rings. The van der Waals surface area contributed by atoms with E-state index in [0.717, 1.165) is 64.2 Å². The molecule has 2 rings (SSSR count). The van der Waals surface area contributed by atoms with Gasteiger partial charge in [-0.15, -0.1) is 0 Å². The summed E-state index contributed by atoms with van der Waals surface area (Å²) < 4.78 is 5.48. The SMILES string of the molecule is CCCCCCCCN(C(=O)C(CCSC)NC(=O)OC(C)(C)C)C(C(=O)NC1CCCCC1)c1ccccc1O. The molecule has 8 nitrogen and oxygen atoms in total. The van der Waals surface area contributed by atoms with E-state index in [1.807, 2.05) is 6.26 Å². The molecule has 1 aromatic carbocycles. The van der Waals surface area contributed by atoms with Crippen molar-refractivity contribution in [1.82, 2.24) is 15.5 Å². The van der Waals surface area contributed by atoms with Crippen molar-refractivity contribution in [2.75, 3.05) is 18.6 Å². The number of rotatable bonds is 16. The van der Waals surface area contributed by atoms with Gasteiger partial charge in [-0.25, -0.2) is 4.79 Å². The molecule has 0 radical (unpaired) electrons. The van der Waals surface area contributed by atoms with E-state index in [1.54, 1.807) is 61.7 Å². The first-order valence-electron chi connectivity index (χ1n) is 15.4. The highest BCUT2D eigenvalue weighted by Crippen LogP contribution is 2.31. The van der Waals surface area contributed by atoms with Crippen LogP contribution >= 0.6 is 11.8 Å². The summed E-state index contributed by atoms with van der Waals surface area (Å²) in [4.78, 5) is 42.7. The second kappa shape index (κ2) is 18.2. The van der Waals surface area contributed by atoms with Gasteiger partial charge >= 0.3 is 6.09 Å². The van der Waals surface area contributed by atoms with Gasteiger partial charge in [0, 0.05) is 18.2 Å². The summed E-state index contributed by atoms with van der Waals surface area (Å²) in [6, 6.07) is 4.90. The summed E-state index contributed by atoms with van der Waals surface area (Å²) in [6.45, 7) is 7.85. The molecule has 1 saturated carbocycles. The predicted molar refractivity (Wildman–Crippen MR) is 167 cm³/mol. The molecule has 3 N–H and O–H groups in total. The molecule has 2 atom stereocenters. The number of hydrogen-bond donors (Lipinski definition) is 3. The van der Waals surface area contributed by atoms with Crippen LogP contribution in [0.25, 0.3) is 0 Å². The van der Waals surface area contributed by atoms with Crippen LogP contribution in [0.1, 0.15) is 116 Å². The summed E-state index contributed by atoms with van der Waals surface area (Å²) in [5.41, 5.74) is -0.325. The molecular weight excluding hydrogens is 538 g/mol. The Morgan fingerprint density at radius 2 is 1.71 bits per heavy atom. The molecule has 1 fully saturated rings. The normalized spacial score (nSPS) is 15.5. The van der Waals surface area contributed by atoms with Crippen LogP contribution < -0.4 is 10.6 Å². The molecule has 0 spiro atoms. The maximum atomic E-state index is 14.3. The largest absolute Gasteiger partial charge is 0.508 e. The quantitative estimate of drug-likeness (QED) is 0.184. The van der Waals surface area contributed by atoms with Crippen LogP contribution in [0.4, 0.5) is 4.79 Å². The van der Waals surface area contributed by atoms with Gasteiger partial charge in [-0.1, -0.05) is 76.5 Å². The summed E-state index contributed by atoms with van der Waals surface area (Å²) >= 11 is 1.58. The zero-order valence-electron chi connectivity index (χ0n) is 25.9. The number of nitrogens with zero attached hydrogens (tertiary/aromatic N) is 1. The molecule has 9 heteroatoms. The van der Waals surface area contributed by atoms with Crippen LogP contribution in [0.2, 0.25) is 0 Å². The molecule has 232 valence electrons. The summed E-state index contributed by atoms with van der Waals surface area (Å²) in [7, 11) is 0. The van der Waals surface area contributed by atoms with Crippen molar-refractivity contribution in [1.29, 1.82) is 0 Å². The number of thioether (sulfide) groups is 1. The number of carbonyl (C=O) groups is 3. The van der Waals surface area contributed by atoms with Gasteiger partial charge in [0.2, 0.25) is 11.8 Å². The van der Waals surface area contributed by atoms with Crippen molar-refractivity contribution in [3.63, 3.8) is 0 Å². The molecule has 41 heavy (non-hydrogen) atoms. The van der Waals surface area contributed by atoms with E-state index in [1.165, 1.54) is 6.42 Å². The number of amides is 3. The highest BCUT2D eigenvalue weighted by Gasteiger charge is 2.37. The Bertz CT molecular complexity index is 946. The Labute approximate surface area is 251 Å². The van der Waals surface area contributed by atoms with Crippen LogP contribution in [0.15, 0.2) is 24.3 Å². The number of nitrogens with one attached hydrogen (secondary N) is 2. The molecule has 0 saturated heterocycles. The third kappa shape index (κ3) is 12.5. The molecule has 0 bridgehead atoms. The number of phenols is 1. The maximum Gasteiger partial charge on any atom is 0.408 e. The first-order valence-corrected chi connectivity index (χ1v) is 16.8.